The van der Waals surface area contributed by atoms with Crippen molar-refractivity contribution in [2.45, 2.75) is 39.2 Å². The molecule has 0 aromatic rings. The second-order valence-electron chi connectivity index (χ2n) is 5.71. The molecule has 0 spiro atoms. The molecule has 1 heterocycles. The maximum atomic E-state index is 12.1. The molecule has 1 aliphatic rings. The summed E-state index contributed by atoms with van der Waals surface area (Å²) in [5.74, 6) is -1.05. The minimum absolute atomic E-state index is 0.0355. The Morgan fingerprint density at radius 2 is 2.00 bits per heavy atom. The van der Waals surface area contributed by atoms with Crippen LogP contribution in [0.15, 0.2) is 0 Å². The van der Waals surface area contributed by atoms with Gasteiger partial charge in [-0.05, 0) is 26.7 Å². The van der Waals surface area contributed by atoms with E-state index in [1.807, 2.05) is 0 Å². The molecular weight excluding hydrogens is 262 g/mol. The number of amides is 3. The number of carbonyl (C=O) groups is 3. The molecule has 1 saturated heterocycles. The van der Waals surface area contributed by atoms with E-state index in [9.17, 15) is 14.4 Å². The number of hydrogen-bond acceptors (Lipinski definition) is 3. The standard InChI is InChI=1S/C13H23N3O4/c1-13(2,11(19)14-3)8-15-12(20)16-6-4-5-9(16)7-10(17)18/h9H,4-8H2,1-3H3,(H,14,19)(H,15,20)(H,17,18). The van der Waals surface area contributed by atoms with E-state index in [0.29, 0.717) is 13.0 Å². The van der Waals surface area contributed by atoms with Crippen molar-refractivity contribution in [1.29, 1.82) is 0 Å². The molecule has 3 amide bonds. The molecule has 0 aliphatic carbocycles. The average molecular weight is 285 g/mol. The van der Waals surface area contributed by atoms with Gasteiger partial charge in [-0.25, -0.2) is 4.79 Å². The predicted molar refractivity (Wildman–Crippen MR) is 73.2 cm³/mol. The Kier molecular flexibility index (Phi) is 5.35. The lowest BCUT2D eigenvalue weighted by molar-refractivity contribution is -0.138. The number of hydrogen-bond donors (Lipinski definition) is 3. The molecule has 7 heteroatoms. The number of rotatable bonds is 5. The number of urea groups is 1. The van der Waals surface area contributed by atoms with E-state index < -0.39 is 11.4 Å². The summed E-state index contributed by atoms with van der Waals surface area (Å²) in [6.07, 6.45) is 1.48. The number of aliphatic carboxylic acids is 1. The van der Waals surface area contributed by atoms with Gasteiger partial charge in [0.1, 0.15) is 0 Å². The summed E-state index contributed by atoms with van der Waals surface area (Å²) >= 11 is 0. The van der Waals surface area contributed by atoms with Gasteiger partial charge in [-0.1, -0.05) is 0 Å². The molecule has 7 nitrogen and oxygen atoms in total. The zero-order chi connectivity index (χ0) is 15.3. The second-order valence-corrected chi connectivity index (χ2v) is 5.71. The highest BCUT2D eigenvalue weighted by atomic mass is 16.4. The fraction of sp³-hybridized carbons (Fsp3) is 0.769. The first kappa shape index (κ1) is 16.3. The summed E-state index contributed by atoms with van der Waals surface area (Å²) in [6.45, 7) is 4.25. The largest absolute Gasteiger partial charge is 0.481 e. The summed E-state index contributed by atoms with van der Waals surface area (Å²) < 4.78 is 0. The molecule has 0 bridgehead atoms. The van der Waals surface area contributed by atoms with Gasteiger partial charge in [0.2, 0.25) is 5.91 Å². The quantitative estimate of drug-likeness (QED) is 0.681. The molecule has 1 fully saturated rings. The van der Waals surface area contributed by atoms with Crippen LogP contribution in [0.4, 0.5) is 4.79 Å². The van der Waals surface area contributed by atoms with Crippen LogP contribution in [0.2, 0.25) is 0 Å². The van der Waals surface area contributed by atoms with Gasteiger partial charge >= 0.3 is 12.0 Å². The molecule has 0 aromatic heterocycles. The third kappa shape index (κ3) is 4.11. The molecule has 114 valence electrons. The van der Waals surface area contributed by atoms with Crippen LogP contribution in [-0.2, 0) is 9.59 Å². The molecule has 0 aromatic carbocycles. The van der Waals surface area contributed by atoms with Gasteiger partial charge in [0.05, 0.1) is 11.8 Å². The van der Waals surface area contributed by atoms with E-state index in [4.69, 9.17) is 5.11 Å². The highest BCUT2D eigenvalue weighted by Gasteiger charge is 2.32. The van der Waals surface area contributed by atoms with Crippen molar-refractivity contribution in [3.05, 3.63) is 0 Å². The number of nitrogens with one attached hydrogen (secondary N) is 2. The number of carbonyl (C=O) groups excluding carboxylic acids is 2. The van der Waals surface area contributed by atoms with E-state index >= 15 is 0 Å². The Labute approximate surface area is 118 Å². The molecule has 1 aliphatic heterocycles. The molecule has 1 unspecified atom stereocenters. The normalized spacial score (nSPS) is 18.8. The van der Waals surface area contributed by atoms with Crippen LogP contribution in [0, 0.1) is 5.41 Å². The predicted octanol–water partition coefficient (Wildman–Crippen LogP) is 0.407. The van der Waals surface area contributed by atoms with E-state index in [0.717, 1.165) is 6.42 Å². The molecule has 1 rings (SSSR count). The lowest BCUT2D eigenvalue weighted by atomic mass is 9.92. The maximum Gasteiger partial charge on any atom is 0.317 e. The second kappa shape index (κ2) is 6.58. The molecule has 1 atom stereocenters. The third-order valence-electron chi connectivity index (χ3n) is 3.57. The Morgan fingerprint density at radius 3 is 2.55 bits per heavy atom. The first-order valence-corrected chi connectivity index (χ1v) is 6.76. The van der Waals surface area contributed by atoms with Crippen molar-refractivity contribution >= 4 is 17.9 Å². The molecule has 3 N–H and O–H groups in total. The van der Waals surface area contributed by atoms with Gasteiger partial charge in [0, 0.05) is 26.2 Å². The van der Waals surface area contributed by atoms with Crippen LogP contribution in [-0.4, -0.2) is 54.1 Å². The van der Waals surface area contributed by atoms with Gasteiger partial charge < -0.3 is 20.6 Å². The van der Waals surface area contributed by atoms with Crippen LogP contribution >= 0.6 is 0 Å². The molecular formula is C13H23N3O4. The van der Waals surface area contributed by atoms with E-state index in [1.54, 1.807) is 25.8 Å². The first-order valence-electron chi connectivity index (χ1n) is 6.76. The summed E-state index contributed by atoms with van der Waals surface area (Å²) in [6, 6.07) is -0.554. The van der Waals surface area contributed by atoms with Gasteiger partial charge in [-0.2, -0.15) is 0 Å². The van der Waals surface area contributed by atoms with Crippen molar-refractivity contribution in [1.82, 2.24) is 15.5 Å². The SMILES string of the molecule is CNC(=O)C(C)(C)CNC(=O)N1CCCC1CC(=O)O. The summed E-state index contributed by atoms with van der Waals surface area (Å²) in [5.41, 5.74) is -0.702. The van der Waals surface area contributed by atoms with Crippen molar-refractivity contribution in [2.75, 3.05) is 20.1 Å². The van der Waals surface area contributed by atoms with Gasteiger partial charge in [-0.15, -0.1) is 0 Å². The summed E-state index contributed by atoms with van der Waals surface area (Å²) in [7, 11) is 1.55. The van der Waals surface area contributed by atoms with Crippen molar-refractivity contribution in [3.8, 4) is 0 Å². The minimum atomic E-state index is -0.902. The zero-order valence-corrected chi connectivity index (χ0v) is 12.2. The highest BCUT2D eigenvalue weighted by Crippen LogP contribution is 2.20. The Bertz CT molecular complexity index is 395. The number of carboxylic acids is 1. The monoisotopic (exact) mass is 285 g/mol. The van der Waals surface area contributed by atoms with E-state index in [-0.39, 0.29) is 30.9 Å². The van der Waals surface area contributed by atoms with Crippen molar-refractivity contribution in [2.24, 2.45) is 5.41 Å². The Morgan fingerprint density at radius 1 is 1.35 bits per heavy atom. The van der Waals surface area contributed by atoms with Gasteiger partial charge in [0.15, 0.2) is 0 Å². The van der Waals surface area contributed by atoms with Crippen LogP contribution < -0.4 is 10.6 Å². The lowest BCUT2D eigenvalue weighted by Gasteiger charge is -2.27. The average Bonchev–Trinajstić information content (AvgIpc) is 2.82. The van der Waals surface area contributed by atoms with Crippen LogP contribution in [0.5, 0.6) is 0 Å². The van der Waals surface area contributed by atoms with E-state index in [1.165, 1.54) is 0 Å². The third-order valence-corrected chi connectivity index (χ3v) is 3.57. The number of nitrogens with zero attached hydrogens (tertiary/aromatic N) is 1. The number of likely N-dealkylation sites (tertiary alicyclic amines) is 1. The van der Waals surface area contributed by atoms with Crippen molar-refractivity contribution in [3.63, 3.8) is 0 Å². The summed E-state index contributed by atoms with van der Waals surface area (Å²) in [4.78, 5) is 36.0. The Balaban J connectivity index is 2.54. The van der Waals surface area contributed by atoms with Crippen LogP contribution in [0.1, 0.15) is 33.1 Å². The highest BCUT2D eigenvalue weighted by molar-refractivity contribution is 5.83. The smallest absolute Gasteiger partial charge is 0.317 e. The van der Waals surface area contributed by atoms with Gasteiger partial charge in [0.25, 0.3) is 0 Å². The molecule has 0 radical (unpaired) electrons. The lowest BCUT2D eigenvalue weighted by Crippen LogP contribution is -2.49. The van der Waals surface area contributed by atoms with Gasteiger partial charge in [-0.3, -0.25) is 9.59 Å². The Hall–Kier alpha value is -1.79. The molecule has 0 saturated carbocycles. The van der Waals surface area contributed by atoms with Crippen molar-refractivity contribution < 1.29 is 19.5 Å². The zero-order valence-electron chi connectivity index (χ0n) is 12.2. The minimum Gasteiger partial charge on any atom is -0.481 e. The van der Waals surface area contributed by atoms with Crippen LogP contribution in [0.3, 0.4) is 0 Å². The van der Waals surface area contributed by atoms with E-state index in [2.05, 4.69) is 10.6 Å². The fourth-order valence-corrected chi connectivity index (χ4v) is 2.33. The number of carboxylic acid groups (broad SMARTS) is 1. The summed E-state index contributed by atoms with van der Waals surface area (Å²) in [5, 5.41) is 14.1. The van der Waals surface area contributed by atoms with Crippen LogP contribution in [0.25, 0.3) is 0 Å². The maximum absolute atomic E-state index is 12.1. The first-order chi connectivity index (χ1) is 9.27. The fourth-order valence-electron chi connectivity index (χ4n) is 2.33. The topological polar surface area (TPSA) is 98.7 Å². The molecule has 20 heavy (non-hydrogen) atoms.